The van der Waals surface area contributed by atoms with Crippen molar-refractivity contribution in [3.05, 3.63) is 0 Å². The number of rotatable bonds is 2. The van der Waals surface area contributed by atoms with Crippen LogP contribution in [0.25, 0.3) is 0 Å². The number of carbonyl (C=O) groups is 1. The summed E-state index contributed by atoms with van der Waals surface area (Å²) in [6.45, 7) is 8.01. The molecule has 15 heavy (non-hydrogen) atoms. The average molecular weight is 209 g/mol. The van der Waals surface area contributed by atoms with Crippen LogP contribution in [0.4, 0.5) is 0 Å². The van der Waals surface area contributed by atoms with E-state index in [-0.39, 0.29) is 11.8 Å². The predicted molar refractivity (Wildman–Crippen MR) is 58.1 cm³/mol. The van der Waals surface area contributed by atoms with Crippen LogP contribution < -0.4 is 0 Å². The molecule has 0 radical (unpaired) electrons. The lowest BCUT2D eigenvalue weighted by Crippen LogP contribution is -2.62. The molecule has 1 aliphatic heterocycles. The first kappa shape index (κ1) is 12.0. The van der Waals surface area contributed by atoms with E-state index in [1.165, 1.54) is 0 Å². The van der Waals surface area contributed by atoms with E-state index in [0.29, 0.717) is 6.54 Å². The first-order valence-electron chi connectivity index (χ1n) is 5.30. The second-order valence-electron chi connectivity index (χ2n) is 4.76. The molecular weight excluding hydrogens is 190 g/mol. The van der Waals surface area contributed by atoms with Crippen LogP contribution >= 0.6 is 0 Å². The van der Waals surface area contributed by atoms with Crippen molar-refractivity contribution >= 4 is 5.91 Å². The normalized spacial score (nSPS) is 23.7. The molecule has 1 saturated heterocycles. The molecule has 0 aliphatic carbocycles. The number of nitriles is 1. The minimum atomic E-state index is -0.474. The molecule has 0 aromatic rings. The van der Waals surface area contributed by atoms with Crippen LogP contribution in [0, 0.1) is 17.2 Å². The highest BCUT2D eigenvalue weighted by molar-refractivity contribution is 5.86. The summed E-state index contributed by atoms with van der Waals surface area (Å²) in [6.07, 6.45) is 0. The molecule has 0 aromatic carbocycles. The number of nitrogens with zero attached hydrogens (tertiary/aromatic N) is 3. The summed E-state index contributed by atoms with van der Waals surface area (Å²) in [5, 5.41) is 8.78. The monoisotopic (exact) mass is 209 g/mol. The highest BCUT2D eigenvalue weighted by Gasteiger charge is 2.40. The lowest BCUT2D eigenvalue weighted by Gasteiger charge is -2.45. The second-order valence-corrected chi connectivity index (χ2v) is 4.76. The Bertz CT molecular complexity index is 293. The largest absolute Gasteiger partial charge is 0.343 e. The molecule has 4 heteroatoms. The van der Waals surface area contributed by atoms with Crippen molar-refractivity contribution in [1.82, 2.24) is 9.80 Å². The molecule has 0 aromatic heterocycles. The summed E-state index contributed by atoms with van der Waals surface area (Å²) in [7, 11) is 1.83. The van der Waals surface area contributed by atoms with Gasteiger partial charge in [0.05, 0.1) is 17.5 Å². The van der Waals surface area contributed by atoms with Crippen molar-refractivity contribution in [2.24, 2.45) is 5.92 Å². The van der Waals surface area contributed by atoms with Gasteiger partial charge in [-0.3, -0.25) is 9.69 Å². The van der Waals surface area contributed by atoms with Crippen LogP contribution in [0.5, 0.6) is 0 Å². The number of hydrogen-bond acceptors (Lipinski definition) is 3. The SMILES string of the molecule is CC(C#N)CN1CCN(C)C(=O)C1(C)C. The third-order valence-electron chi connectivity index (χ3n) is 3.08. The Kier molecular flexibility index (Phi) is 3.35. The van der Waals surface area contributed by atoms with E-state index in [1.807, 2.05) is 27.8 Å². The molecule has 1 unspecified atom stereocenters. The van der Waals surface area contributed by atoms with Gasteiger partial charge in [0.1, 0.15) is 0 Å². The van der Waals surface area contributed by atoms with E-state index >= 15 is 0 Å². The highest BCUT2D eigenvalue weighted by Crippen LogP contribution is 2.22. The topological polar surface area (TPSA) is 47.3 Å². The third kappa shape index (κ3) is 2.29. The number of piperazine rings is 1. The molecule has 1 aliphatic rings. The minimum absolute atomic E-state index is 0.0273. The molecule has 0 bridgehead atoms. The Morgan fingerprint density at radius 1 is 1.53 bits per heavy atom. The molecule has 0 saturated carbocycles. The lowest BCUT2D eigenvalue weighted by molar-refractivity contribution is -0.147. The highest BCUT2D eigenvalue weighted by atomic mass is 16.2. The van der Waals surface area contributed by atoms with Crippen LogP contribution in [0.3, 0.4) is 0 Å². The van der Waals surface area contributed by atoms with Gasteiger partial charge in [0.25, 0.3) is 0 Å². The third-order valence-corrected chi connectivity index (χ3v) is 3.08. The van der Waals surface area contributed by atoms with Gasteiger partial charge in [-0.15, -0.1) is 0 Å². The van der Waals surface area contributed by atoms with Gasteiger partial charge in [-0.1, -0.05) is 0 Å². The summed E-state index contributed by atoms with van der Waals surface area (Å²) in [5.74, 6) is 0.111. The van der Waals surface area contributed by atoms with Gasteiger partial charge in [-0.25, -0.2) is 0 Å². The average Bonchev–Trinajstić information content (AvgIpc) is 2.19. The lowest BCUT2D eigenvalue weighted by atomic mass is 9.96. The number of likely N-dealkylation sites (N-methyl/N-ethyl adjacent to an activating group) is 1. The smallest absolute Gasteiger partial charge is 0.242 e. The van der Waals surface area contributed by atoms with Crippen molar-refractivity contribution in [2.75, 3.05) is 26.7 Å². The molecule has 1 heterocycles. The maximum absolute atomic E-state index is 11.9. The Morgan fingerprint density at radius 3 is 2.67 bits per heavy atom. The maximum atomic E-state index is 11.9. The van der Waals surface area contributed by atoms with E-state index in [4.69, 9.17) is 5.26 Å². The maximum Gasteiger partial charge on any atom is 0.242 e. The fraction of sp³-hybridized carbons (Fsp3) is 0.818. The summed E-state index contributed by atoms with van der Waals surface area (Å²) < 4.78 is 0. The van der Waals surface area contributed by atoms with Crippen molar-refractivity contribution in [3.8, 4) is 6.07 Å². The number of hydrogen-bond donors (Lipinski definition) is 0. The molecule has 84 valence electrons. The Labute approximate surface area is 91.5 Å². The molecule has 0 N–H and O–H groups in total. The fourth-order valence-corrected chi connectivity index (χ4v) is 1.95. The standard InChI is InChI=1S/C11H19N3O/c1-9(7-12)8-14-6-5-13(4)10(15)11(14,2)3/h9H,5-6,8H2,1-4H3. The summed E-state index contributed by atoms with van der Waals surface area (Å²) in [5.41, 5.74) is -0.474. The molecule has 1 amide bonds. The molecule has 1 atom stereocenters. The zero-order valence-corrected chi connectivity index (χ0v) is 9.95. The summed E-state index contributed by atoms with van der Waals surface area (Å²) >= 11 is 0. The van der Waals surface area contributed by atoms with Gasteiger partial charge < -0.3 is 4.90 Å². The van der Waals surface area contributed by atoms with E-state index < -0.39 is 5.54 Å². The summed E-state index contributed by atoms with van der Waals surface area (Å²) in [6, 6.07) is 2.21. The predicted octanol–water partition coefficient (Wildman–Crippen LogP) is 0.699. The van der Waals surface area contributed by atoms with Crippen molar-refractivity contribution in [1.29, 1.82) is 5.26 Å². The molecule has 1 fully saturated rings. The van der Waals surface area contributed by atoms with Crippen LogP contribution in [0.15, 0.2) is 0 Å². The van der Waals surface area contributed by atoms with Crippen LogP contribution in [0.2, 0.25) is 0 Å². The molecule has 0 spiro atoms. The van der Waals surface area contributed by atoms with Crippen LogP contribution in [-0.2, 0) is 4.79 Å². The first-order valence-corrected chi connectivity index (χ1v) is 5.30. The van der Waals surface area contributed by atoms with Gasteiger partial charge >= 0.3 is 0 Å². The zero-order valence-electron chi connectivity index (χ0n) is 9.95. The van der Waals surface area contributed by atoms with E-state index in [2.05, 4.69) is 11.0 Å². The van der Waals surface area contributed by atoms with Gasteiger partial charge in [0.15, 0.2) is 0 Å². The first-order chi connectivity index (χ1) is 6.89. The fourth-order valence-electron chi connectivity index (χ4n) is 1.95. The van der Waals surface area contributed by atoms with Crippen molar-refractivity contribution in [2.45, 2.75) is 26.3 Å². The van der Waals surface area contributed by atoms with Crippen molar-refractivity contribution in [3.63, 3.8) is 0 Å². The Morgan fingerprint density at radius 2 is 2.13 bits per heavy atom. The van der Waals surface area contributed by atoms with Gasteiger partial charge in [-0.2, -0.15) is 5.26 Å². The molecule has 1 rings (SSSR count). The van der Waals surface area contributed by atoms with E-state index in [9.17, 15) is 4.79 Å². The van der Waals surface area contributed by atoms with Gasteiger partial charge in [0, 0.05) is 26.7 Å². The van der Waals surface area contributed by atoms with Gasteiger partial charge in [-0.05, 0) is 20.8 Å². The number of amides is 1. The Balaban J connectivity index is 2.75. The molecular formula is C11H19N3O. The quantitative estimate of drug-likeness (QED) is 0.672. The molecule has 4 nitrogen and oxygen atoms in total. The number of carbonyl (C=O) groups excluding carboxylic acids is 1. The van der Waals surface area contributed by atoms with E-state index in [1.54, 1.807) is 4.90 Å². The van der Waals surface area contributed by atoms with Crippen molar-refractivity contribution < 1.29 is 4.79 Å². The Hall–Kier alpha value is -1.08. The summed E-state index contributed by atoms with van der Waals surface area (Å²) in [4.78, 5) is 15.8. The van der Waals surface area contributed by atoms with E-state index in [0.717, 1.165) is 13.1 Å². The minimum Gasteiger partial charge on any atom is -0.343 e. The zero-order chi connectivity index (χ0) is 11.6. The van der Waals surface area contributed by atoms with Gasteiger partial charge in [0.2, 0.25) is 5.91 Å². The van der Waals surface area contributed by atoms with Crippen LogP contribution in [0.1, 0.15) is 20.8 Å². The van der Waals surface area contributed by atoms with Crippen LogP contribution in [-0.4, -0.2) is 47.9 Å². The second kappa shape index (κ2) is 4.19.